The molecular formula is C21H33N3O2S. The molecule has 0 aromatic heterocycles. The van der Waals surface area contributed by atoms with E-state index < -0.39 is 9.84 Å². The molecule has 0 bridgehead atoms. The molecule has 5 nitrogen and oxygen atoms in total. The normalized spacial score (nSPS) is 22.1. The Hall–Kier alpha value is -1.56. The van der Waals surface area contributed by atoms with Gasteiger partial charge in [0.1, 0.15) is 0 Å². The minimum absolute atomic E-state index is 0.147. The van der Waals surface area contributed by atoms with Crippen LogP contribution < -0.4 is 10.2 Å². The van der Waals surface area contributed by atoms with Crippen LogP contribution in [0.1, 0.15) is 51.7 Å². The number of hydrogen-bond acceptors (Lipinski definition) is 3. The van der Waals surface area contributed by atoms with Crippen molar-refractivity contribution in [2.45, 2.75) is 52.4 Å². The van der Waals surface area contributed by atoms with Crippen LogP contribution in [-0.4, -0.2) is 45.5 Å². The quantitative estimate of drug-likeness (QED) is 0.633. The lowest BCUT2D eigenvalue weighted by Gasteiger charge is -2.24. The molecule has 1 atom stereocenters. The molecule has 3 rings (SSSR count). The number of anilines is 1. The van der Waals surface area contributed by atoms with Gasteiger partial charge < -0.3 is 10.2 Å². The highest BCUT2D eigenvalue weighted by Gasteiger charge is 2.29. The first-order chi connectivity index (χ1) is 12.7. The van der Waals surface area contributed by atoms with Gasteiger partial charge in [-0.25, -0.2) is 8.42 Å². The number of benzene rings is 1. The second-order valence-electron chi connectivity index (χ2n) is 8.86. The van der Waals surface area contributed by atoms with Crippen molar-refractivity contribution >= 4 is 21.5 Å². The predicted octanol–water partition coefficient (Wildman–Crippen LogP) is 3.14. The Bertz CT molecular complexity index is 809. The summed E-state index contributed by atoms with van der Waals surface area (Å²) in [5.41, 5.74) is 4.11. The van der Waals surface area contributed by atoms with Crippen molar-refractivity contribution in [3.05, 3.63) is 29.3 Å². The molecule has 1 unspecified atom stereocenters. The van der Waals surface area contributed by atoms with Crippen molar-refractivity contribution in [3.8, 4) is 0 Å². The van der Waals surface area contributed by atoms with Gasteiger partial charge in [0.05, 0.1) is 11.5 Å². The molecule has 27 heavy (non-hydrogen) atoms. The summed E-state index contributed by atoms with van der Waals surface area (Å²) >= 11 is 0. The zero-order valence-electron chi connectivity index (χ0n) is 17.1. The van der Waals surface area contributed by atoms with Gasteiger partial charge in [-0.05, 0) is 47.8 Å². The fourth-order valence-corrected chi connectivity index (χ4v) is 5.64. The number of rotatable bonds is 4. The van der Waals surface area contributed by atoms with E-state index in [0.29, 0.717) is 12.3 Å². The van der Waals surface area contributed by atoms with Gasteiger partial charge in [0, 0.05) is 25.3 Å². The maximum atomic E-state index is 11.7. The molecule has 0 aliphatic carbocycles. The third kappa shape index (κ3) is 4.84. The highest BCUT2D eigenvalue weighted by atomic mass is 32.2. The fourth-order valence-electron chi connectivity index (χ4n) is 3.79. The number of aliphatic imine (C=N–C) groups is 1. The average Bonchev–Trinajstić information content (AvgIpc) is 3.16. The summed E-state index contributed by atoms with van der Waals surface area (Å²) in [6, 6.07) is 6.76. The lowest BCUT2D eigenvalue weighted by Crippen LogP contribution is -2.41. The van der Waals surface area contributed by atoms with Gasteiger partial charge in [0.15, 0.2) is 15.8 Å². The third-order valence-corrected chi connectivity index (χ3v) is 7.29. The minimum atomic E-state index is -2.85. The van der Waals surface area contributed by atoms with E-state index >= 15 is 0 Å². The van der Waals surface area contributed by atoms with Crippen molar-refractivity contribution in [1.29, 1.82) is 0 Å². The van der Waals surface area contributed by atoms with Gasteiger partial charge >= 0.3 is 0 Å². The standard InChI is InChI=1S/C21H33N3O2S/c1-5-10-22-20(23-14-16-9-12-27(25,26)15-16)24-11-8-17-13-18(21(2,3)4)6-7-19(17)24/h6-7,13,16H,5,8-12,14-15H2,1-4H3,(H,22,23). The Morgan fingerprint density at radius 1 is 1.33 bits per heavy atom. The van der Waals surface area contributed by atoms with Gasteiger partial charge in [0.25, 0.3) is 0 Å². The highest BCUT2D eigenvalue weighted by Crippen LogP contribution is 2.33. The van der Waals surface area contributed by atoms with Gasteiger partial charge in [-0.1, -0.05) is 39.8 Å². The topological polar surface area (TPSA) is 61.8 Å². The summed E-state index contributed by atoms with van der Waals surface area (Å²) in [6.07, 6.45) is 2.78. The van der Waals surface area contributed by atoms with E-state index in [9.17, 15) is 8.42 Å². The van der Waals surface area contributed by atoms with Gasteiger partial charge in [-0.3, -0.25) is 4.99 Å². The smallest absolute Gasteiger partial charge is 0.198 e. The second-order valence-corrected chi connectivity index (χ2v) is 11.1. The summed E-state index contributed by atoms with van der Waals surface area (Å²) in [4.78, 5) is 7.09. The Morgan fingerprint density at radius 2 is 2.11 bits per heavy atom. The molecule has 6 heteroatoms. The van der Waals surface area contributed by atoms with Crippen molar-refractivity contribution in [2.24, 2.45) is 10.9 Å². The number of fused-ring (bicyclic) bond motifs is 1. The zero-order valence-corrected chi connectivity index (χ0v) is 17.9. The first-order valence-electron chi connectivity index (χ1n) is 10.1. The summed E-state index contributed by atoms with van der Waals surface area (Å²) < 4.78 is 23.4. The number of nitrogens with zero attached hydrogens (tertiary/aromatic N) is 2. The molecule has 0 radical (unpaired) electrons. The van der Waals surface area contributed by atoms with Crippen LogP contribution in [0.3, 0.4) is 0 Å². The predicted molar refractivity (Wildman–Crippen MR) is 114 cm³/mol. The van der Waals surface area contributed by atoms with E-state index in [1.807, 2.05) is 0 Å². The van der Waals surface area contributed by atoms with Crippen LogP contribution in [0.4, 0.5) is 5.69 Å². The largest absolute Gasteiger partial charge is 0.356 e. The molecule has 150 valence electrons. The average molecular weight is 392 g/mol. The van der Waals surface area contributed by atoms with Crippen LogP contribution in [0, 0.1) is 5.92 Å². The lowest BCUT2D eigenvalue weighted by molar-refractivity contribution is 0.589. The molecular weight excluding hydrogens is 358 g/mol. The maximum Gasteiger partial charge on any atom is 0.198 e. The van der Waals surface area contributed by atoms with Crippen molar-refractivity contribution in [1.82, 2.24) is 5.32 Å². The Labute approximate surface area is 164 Å². The van der Waals surface area contributed by atoms with Crippen LogP contribution in [-0.2, 0) is 21.7 Å². The molecule has 2 heterocycles. The highest BCUT2D eigenvalue weighted by molar-refractivity contribution is 7.91. The molecule has 1 saturated heterocycles. The third-order valence-electron chi connectivity index (χ3n) is 5.46. The zero-order chi connectivity index (χ0) is 19.7. The number of guanidine groups is 1. The number of hydrogen-bond donors (Lipinski definition) is 1. The molecule has 1 fully saturated rings. The van der Waals surface area contributed by atoms with E-state index in [1.54, 1.807) is 0 Å². The van der Waals surface area contributed by atoms with Gasteiger partial charge in [0.2, 0.25) is 0 Å². The summed E-state index contributed by atoms with van der Waals surface area (Å²) in [5, 5.41) is 3.47. The van der Waals surface area contributed by atoms with Crippen molar-refractivity contribution in [2.75, 3.05) is 36.0 Å². The first-order valence-corrected chi connectivity index (χ1v) is 11.9. The molecule has 2 aliphatic rings. The molecule has 2 aliphatic heterocycles. The number of sulfone groups is 1. The van der Waals surface area contributed by atoms with Crippen LogP contribution in [0.15, 0.2) is 23.2 Å². The maximum absolute atomic E-state index is 11.7. The number of nitrogens with one attached hydrogen (secondary N) is 1. The Kier molecular flexibility index (Phi) is 5.84. The van der Waals surface area contributed by atoms with Crippen molar-refractivity contribution in [3.63, 3.8) is 0 Å². The van der Waals surface area contributed by atoms with Crippen molar-refractivity contribution < 1.29 is 8.42 Å². The van der Waals surface area contributed by atoms with E-state index in [2.05, 4.69) is 56.1 Å². The van der Waals surface area contributed by atoms with Crippen LogP contribution in [0.25, 0.3) is 0 Å². The van der Waals surface area contributed by atoms with E-state index in [-0.39, 0.29) is 17.1 Å². The molecule has 1 aromatic rings. The van der Waals surface area contributed by atoms with Crippen LogP contribution in [0.5, 0.6) is 0 Å². The molecule has 0 saturated carbocycles. The van der Waals surface area contributed by atoms with Gasteiger partial charge in [-0.15, -0.1) is 0 Å². The van der Waals surface area contributed by atoms with E-state index in [1.165, 1.54) is 16.8 Å². The fraction of sp³-hybridized carbons (Fsp3) is 0.667. The minimum Gasteiger partial charge on any atom is -0.356 e. The first kappa shape index (κ1) is 20.2. The summed E-state index contributed by atoms with van der Waals surface area (Å²) in [6.45, 7) is 11.2. The monoisotopic (exact) mass is 391 g/mol. The summed E-state index contributed by atoms with van der Waals surface area (Å²) in [7, 11) is -2.85. The molecule has 1 N–H and O–H groups in total. The molecule has 0 amide bonds. The second kappa shape index (κ2) is 7.82. The SMILES string of the molecule is CCCNC(=NCC1CCS(=O)(=O)C1)N1CCc2cc(C(C)(C)C)ccc21. The van der Waals surface area contributed by atoms with E-state index in [0.717, 1.165) is 38.3 Å². The molecule has 1 aromatic carbocycles. The van der Waals surface area contributed by atoms with Crippen LogP contribution >= 0.6 is 0 Å². The van der Waals surface area contributed by atoms with Crippen LogP contribution in [0.2, 0.25) is 0 Å². The molecule has 0 spiro atoms. The summed E-state index contributed by atoms with van der Waals surface area (Å²) in [5.74, 6) is 1.64. The Balaban J connectivity index is 1.80. The van der Waals surface area contributed by atoms with Gasteiger partial charge in [-0.2, -0.15) is 0 Å². The van der Waals surface area contributed by atoms with E-state index in [4.69, 9.17) is 4.99 Å². The lowest BCUT2D eigenvalue weighted by atomic mass is 9.86. The Morgan fingerprint density at radius 3 is 2.74 bits per heavy atom.